The molecule has 0 aliphatic carbocycles. The van der Waals surface area contributed by atoms with Crippen molar-refractivity contribution in [3.05, 3.63) is 57.1 Å². The van der Waals surface area contributed by atoms with Crippen molar-refractivity contribution >= 4 is 34.9 Å². The van der Waals surface area contributed by atoms with Crippen LogP contribution in [0, 0.1) is 10.1 Å². The molecule has 0 bridgehead atoms. The van der Waals surface area contributed by atoms with Crippen molar-refractivity contribution in [1.82, 2.24) is 0 Å². The van der Waals surface area contributed by atoms with E-state index in [0.29, 0.717) is 24.7 Å². The summed E-state index contributed by atoms with van der Waals surface area (Å²) in [5, 5.41) is 14.1. The third kappa shape index (κ3) is 4.68. The van der Waals surface area contributed by atoms with Crippen LogP contribution in [0.3, 0.4) is 0 Å². The van der Waals surface area contributed by atoms with Crippen LogP contribution in [0.25, 0.3) is 0 Å². The van der Waals surface area contributed by atoms with Crippen LogP contribution in [-0.2, 0) is 9.53 Å². The van der Waals surface area contributed by atoms with Gasteiger partial charge in [0, 0.05) is 17.5 Å². The van der Waals surface area contributed by atoms with Crippen LogP contribution in [0.2, 0.25) is 5.02 Å². The van der Waals surface area contributed by atoms with Crippen LogP contribution in [0.4, 0.5) is 11.4 Å². The molecule has 2 aromatic carbocycles. The molecule has 0 fully saturated rings. The van der Waals surface area contributed by atoms with Gasteiger partial charge in [-0.05, 0) is 24.3 Å². The van der Waals surface area contributed by atoms with E-state index < -0.39 is 23.4 Å². The Morgan fingerprint density at radius 1 is 1.14 bits per heavy atom. The van der Waals surface area contributed by atoms with Gasteiger partial charge in [-0.25, -0.2) is 4.79 Å². The van der Waals surface area contributed by atoms with Crippen LogP contribution in [0.1, 0.15) is 16.8 Å². The molecular formula is C18H15ClN2O7. The fraction of sp³-hybridized carbons (Fsp3) is 0.222. The Morgan fingerprint density at radius 3 is 2.43 bits per heavy atom. The number of nitrogens with zero attached hydrogens (tertiary/aromatic N) is 1. The van der Waals surface area contributed by atoms with E-state index >= 15 is 0 Å². The van der Waals surface area contributed by atoms with E-state index in [-0.39, 0.29) is 28.4 Å². The summed E-state index contributed by atoms with van der Waals surface area (Å²) in [4.78, 5) is 34.7. The summed E-state index contributed by atoms with van der Waals surface area (Å²) in [6.07, 6.45) is 0.630. The summed E-state index contributed by atoms with van der Waals surface area (Å²) >= 11 is 5.74. The van der Waals surface area contributed by atoms with E-state index in [4.69, 9.17) is 25.8 Å². The number of rotatable bonds is 5. The number of nitrogens with one attached hydrogen (secondary N) is 1. The number of nitro benzene ring substituents is 1. The second-order valence-corrected chi connectivity index (χ2v) is 6.19. The van der Waals surface area contributed by atoms with Gasteiger partial charge >= 0.3 is 5.97 Å². The molecule has 2 aromatic rings. The Kier molecular flexibility index (Phi) is 5.95. The summed E-state index contributed by atoms with van der Waals surface area (Å²) in [6.45, 7) is 0.139. The number of hydrogen-bond acceptors (Lipinski definition) is 7. The molecule has 0 saturated carbocycles. The molecular weight excluding hydrogens is 392 g/mol. The molecule has 1 N–H and O–H groups in total. The zero-order chi connectivity index (χ0) is 20.1. The lowest BCUT2D eigenvalue weighted by Gasteiger charge is -2.11. The number of halogens is 1. The summed E-state index contributed by atoms with van der Waals surface area (Å²) in [6, 6.07) is 8.45. The number of carbonyl (C=O) groups excluding carboxylic acids is 2. The predicted molar refractivity (Wildman–Crippen MR) is 99.1 cm³/mol. The van der Waals surface area contributed by atoms with E-state index in [0.717, 1.165) is 0 Å². The highest BCUT2D eigenvalue weighted by Gasteiger charge is 2.23. The molecule has 0 atom stereocenters. The molecule has 146 valence electrons. The van der Waals surface area contributed by atoms with Gasteiger partial charge in [0.25, 0.3) is 11.6 Å². The molecule has 3 rings (SSSR count). The van der Waals surface area contributed by atoms with Crippen molar-refractivity contribution in [3.8, 4) is 11.5 Å². The number of carbonyl (C=O) groups is 2. The smallest absolute Gasteiger partial charge is 0.338 e. The maximum absolute atomic E-state index is 12.1. The lowest BCUT2D eigenvalue weighted by Crippen LogP contribution is -2.21. The number of amides is 1. The fourth-order valence-corrected chi connectivity index (χ4v) is 2.56. The van der Waals surface area contributed by atoms with Crippen molar-refractivity contribution in [2.75, 3.05) is 25.1 Å². The normalized spacial score (nSPS) is 12.6. The van der Waals surface area contributed by atoms with Gasteiger partial charge < -0.3 is 19.5 Å². The molecule has 10 heteroatoms. The quantitative estimate of drug-likeness (QED) is 0.460. The lowest BCUT2D eigenvalue weighted by molar-refractivity contribution is -0.384. The van der Waals surface area contributed by atoms with Gasteiger partial charge in [-0.2, -0.15) is 0 Å². The number of benzene rings is 2. The number of esters is 1. The topological polar surface area (TPSA) is 117 Å². The van der Waals surface area contributed by atoms with Gasteiger partial charge in [-0.15, -0.1) is 0 Å². The summed E-state index contributed by atoms with van der Waals surface area (Å²) in [5.74, 6) is -0.937. The van der Waals surface area contributed by atoms with Crippen molar-refractivity contribution in [1.29, 1.82) is 0 Å². The lowest BCUT2D eigenvalue weighted by atomic mass is 10.2. The van der Waals surface area contributed by atoms with Crippen LogP contribution in [-0.4, -0.2) is 36.6 Å². The van der Waals surface area contributed by atoms with Crippen LogP contribution >= 0.6 is 11.6 Å². The minimum absolute atomic E-state index is 0.0817. The zero-order valence-corrected chi connectivity index (χ0v) is 15.2. The molecule has 1 heterocycles. The summed E-state index contributed by atoms with van der Waals surface area (Å²) in [7, 11) is 0. The molecule has 1 amide bonds. The number of fused-ring (bicyclic) bond motifs is 1. The van der Waals surface area contributed by atoms with Crippen molar-refractivity contribution in [3.63, 3.8) is 0 Å². The molecule has 0 spiro atoms. The fourth-order valence-electron chi connectivity index (χ4n) is 2.44. The number of nitro groups is 1. The third-order valence-corrected chi connectivity index (χ3v) is 4.00. The third-order valence-electron chi connectivity index (χ3n) is 3.75. The minimum Gasteiger partial charge on any atom is -0.489 e. The first-order valence-electron chi connectivity index (χ1n) is 8.24. The second-order valence-electron chi connectivity index (χ2n) is 5.75. The van der Waals surface area contributed by atoms with E-state index in [9.17, 15) is 19.7 Å². The molecule has 1 aliphatic rings. The Bertz CT molecular complexity index is 915. The van der Waals surface area contributed by atoms with Gasteiger partial charge in [-0.1, -0.05) is 11.6 Å². The average molecular weight is 407 g/mol. The van der Waals surface area contributed by atoms with Crippen molar-refractivity contribution < 1.29 is 28.7 Å². The monoisotopic (exact) mass is 406 g/mol. The van der Waals surface area contributed by atoms with E-state index in [1.807, 2.05) is 0 Å². The average Bonchev–Trinajstić information content (AvgIpc) is 2.90. The number of hydrogen-bond donors (Lipinski definition) is 1. The molecule has 28 heavy (non-hydrogen) atoms. The molecule has 0 unspecified atom stereocenters. The van der Waals surface area contributed by atoms with Crippen LogP contribution in [0.5, 0.6) is 11.5 Å². The van der Waals surface area contributed by atoms with Gasteiger partial charge in [0.2, 0.25) is 0 Å². The number of ether oxygens (including phenoxy) is 3. The summed E-state index contributed by atoms with van der Waals surface area (Å²) in [5.41, 5.74) is -0.220. The first-order valence-corrected chi connectivity index (χ1v) is 8.62. The standard InChI is InChI=1S/C18H15ClN2O7/c19-12-4-2-11(3-5-12)18(23)28-10-17(22)20-13-8-15-16(9-14(13)21(24)25)27-7-1-6-26-15/h2-5,8-9H,1,6-7,10H2,(H,20,22). The molecule has 0 saturated heterocycles. The Labute approximate surface area is 164 Å². The van der Waals surface area contributed by atoms with E-state index in [1.165, 1.54) is 36.4 Å². The highest BCUT2D eigenvalue weighted by molar-refractivity contribution is 6.30. The van der Waals surface area contributed by atoms with Gasteiger partial charge in [0.1, 0.15) is 5.69 Å². The molecule has 0 aromatic heterocycles. The largest absolute Gasteiger partial charge is 0.489 e. The highest BCUT2D eigenvalue weighted by Crippen LogP contribution is 2.39. The maximum atomic E-state index is 12.1. The summed E-state index contributed by atoms with van der Waals surface area (Å²) < 4.78 is 15.8. The van der Waals surface area contributed by atoms with Crippen molar-refractivity contribution in [2.24, 2.45) is 0 Å². The van der Waals surface area contributed by atoms with Crippen LogP contribution < -0.4 is 14.8 Å². The van der Waals surface area contributed by atoms with Crippen molar-refractivity contribution in [2.45, 2.75) is 6.42 Å². The minimum atomic E-state index is -0.736. The maximum Gasteiger partial charge on any atom is 0.338 e. The van der Waals surface area contributed by atoms with E-state index in [1.54, 1.807) is 0 Å². The Hall–Kier alpha value is -3.33. The predicted octanol–water partition coefficient (Wildman–Crippen LogP) is 3.21. The Balaban J connectivity index is 1.69. The highest BCUT2D eigenvalue weighted by atomic mass is 35.5. The second kappa shape index (κ2) is 8.57. The molecule has 0 radical (unpaired) electrons. The van der Waals surface area contributed by atoms with E-state index in [2.05, 4.69) is 5.32 Å². The Morgan fingerprint density at radius 2 is 1.79 bits per heavy atom. The zero-order valence-electron chi connectivity index (χ0n) is 14.5. The molecule has 9 nitrogen and oxygen atoms in total. The first-order chi connectivity index (χ1) is 13.4. The molecule has 1 aliphatic heterocycles. The van der Waals surface area contributed by atoms with Gasteiger partial charge in [0.15, 0.2) is 18.1 Å². The van der Waals surface area contributed by atoms with Crippen LogP contribution in [0.15, 0.2) is 36.4 Å². The SMILES string of the molecule is O=C(COC(=O)c1ccc(Cl)cc1)Nc1cc2c(cc1[N+](=O)[O-])OCCCO2. The van der Waals surface area contributed by atoms with Gasteiger partial charge in [0.05, 0.1) is 29.8 Å². The first kappa shape index (κ1) is 19.4. The number of anilines is 1. The van der Waals surface area contributed by atoms with Gasteiger partial charge in [-0.3, -0.25) is 14.9 Å².